The summed E-state index contributed by atoms with van der Waals surface area (Å²) >= 11 is 0. The number of rotatable bonds is 7. The number of aliphatic imine (C=N–C) groups is 1. The molecule has 6 nitrogen and oxygen atoms in total. The molecule has 24 heavy (non-hydrogen) atoms. The fourth-order valence-electron chi connectivity index (χ4n) is 2.76. The molecule has 0 saturated heterocycles. The molecule has 1 aliphatic carbocycles. The van der Waals surface area contributed by atoms with Crippen LogP contribution >= 0.6 is 24.0 Å². The summed E-state index contributed by atoms with van der Waals surface area (Å²) in [6, 6.07) is 6.08. The lowest BCUT2D eigenvalue weighted by Gasteiger charge is -2.23. The standard InChI is InChI=1S/C17H27N3O3.HI/c1-22-16-11-13(7-8-15(16)23-10-9-21)12-19-17(18)20-14-5-3-2-4-6-14;/h7-8,11,14,21H,2-6,9-10,12H2,1H3,(H3,18,19,20);1H. The summed E-state index contributed by atoms with van der Waals surface area (Å²) in [6.07, 6.45) is 6.18. The molecule has 1 aromatic rings. The van der Waals surface area contributed by atoms with Crippen LogP contribution in [0.3, 0.4) is 0 Å². The second-order valence-electron chi connectivity index (χ2n) is 5.74. The van der Waals surface area contributed by atoms with E-state index in [0.717, 1.165) is 5.56 Å². The first kappa shape index (κ1) is 20.8. The maximum absolute atomic E-state index is 8.82. The molecule has 0 heterocycles. The minimum atomic E-state index is -0.0292. The number of nitrogens with zero attached hydrogens (tertiary/aromatic N) is 1. The van der Waals surface area contributed by atoms with Gasteiger partial charge in [0, 0.05) is 6.04 Å². The van der Waals surface area contributed by atoms with E-state index in [-0.39, 0.29) is 37.2 Å². The highest BCUT2D eigenvalue weighted by atomic mass is 127. The van der Waals surface area contributed by atoms with Crippen molar-refractivity contribution in [1.29, 1.82) is 0 Å². The van der Waals surface area contributed by atoms with Crippen molar-refractivity contribution in [3.05, 3.63) is 23.8 Å². The quantitative estimate of drug-likeness (QED) is 0.338. The molecule has 1 fully saturated rings. The maximum Gasteiger partial charge on any atom is 0.189 e. The van der Waals surface area contributed by atoms with Gasteiger partial charge >= 0.3 is 0 Å². The van der Waals surface area contributed by atoms with Gasteiger partial charge < -0.3 is 25.6 Å². The Morgan fingerprint density at radius 2 is 2.04 bits per heavy atom. The van der Waals surface area contributed by atoms with Gasteiger partial charge in [0.05, 0.1) is 20.3 Å². The van der Waals surface area contributed by atoms with Crippen LogP contribution in [0.1, 0.15) is 37.7 Å². The number of ether oxygens (including phenoxy) is 2. The minimum Gasteiger partial charge on any atom is -0.493 e. The third kappa shape index (κ3) is 6.72. The van der Waals surface area contributed by atoms with Crippen molar-refractivity contribution in [3.63, 3.8) is 0 Å². The molecular formula is C17H28IN3O3. The highest BCUT2D eigenvalue weighted by Gasteiger charge is 2.13. The van der Waals surface area contributed by atoms with E-state index in [1.165, 1.54) is 32.1 Å². The average molecular weight is 449 g/mol. The van der Waals surface area contributed by atoms with Crippen molar-refractivity contribution in [3.8, 4) is 11.5 Å². The van der Waals surface area contributed by atoms with E-state index in [0.29, 0.717) is 30.0 Å². The lowest BCUT2D eigenvalue weighted by molar-refractivity contribution is 0.196. The predicted octanol–water partition coefficient (Wildman–Crippen LogP) is 2.42. The number of benzene rings is 1. The zero-order chi connectivity index (χ0) is 16.5. The predicted molar refractivity (Wildman–Crippen MR) is 106 cm³/mol. The van der Waals surface area contributed by atoms with E-state index in [1.54, 1.807) is 7.11 Å². The van der Waals surface area contributed by atoms with Crippen molar-refractivity contribution in [2.24, 2.45) is 10.7 Å². The molecular weight excluding hydrogens is 421 g/mol. The number of aliphatic hydroxyl groups is 1. The Morgan fingerprint density at radius 1 is 1.29 bits per heavy atom. The van der Waals surface area contributed by atoms with Gasteiger partial charge in [-0.15, -0.1) is 24.0 Å². The van der Waals surface area contributed by atoms with E-state index in [9.17, 15) is 0 Å². The largest absolute Gasteiger partial charge is 0.493 e. The molecule has 1 aliphatic rings. The van der Waals surface area contributed by atoms with Gasteiger partial charge in [0.1, 0.15) is 6.61 Å². The summed E-state index contributed by atoms with van der Waals surface area (Å²) in [6.45, 7) is 0.701. The SMILES string of the molecule is COc1cc(CN=C(N)NC2CCCCC2)ccc1OCCO.I. The first-order valence-corrected chi connectivity index (χ1v) is 8.20. The summed E-state index contributed by atoms with van der Waals surface area (Å²) in [5.41, 5.74) is 6.97. The Bertz CT molecular complexity index is 520. The monoisotopic (exact) mass is 449 g/mol. The molecule has 0 radical (unpaired) electrons. The van der Waals surface area contributed by atoms with E-state index in [4.69, 9.17) is 20.3 Å². The summed E-state index contributed by atoms with van der Waals surface area (Å²) < 4.78 is 10.7. The molecule has 0 bridgehead atoms. The molecule has 136 valence electrons. The van der Waals surface area contributed by atoms with Crippen LogP contribution in [0.2, 0.25) is 0 Å². The van der Waals surface area contributed by atoms with Crippen LogP contribution in [0, 0.1) is 0 Å². The highest BCUT2D eigenvalue weighted by Crippen LogP contribution is 2.28. The van der Waals surface area contributed by atoms with Crippen molar-refractivity contribution >= 4 is 29.9 Å². The number of halogens is 1. The smallest absolute Gasteiger partial charge is 0.189 e. The Kier molecular flexibility index (Phi) is 9.85. The van der Waals surface area contributed by atoms with Gasteiger partial charge in [-0.1, -0.05) is 25.3 Å². The molecule has 0 atom stereocenters. The van der Waals surface area contributed by atoms with Crippen LogP contribution in [0.5, 0.6) is 11.5 Å². The third-order valence-corrected chi connectivity index (χ3v) is 3.97. The van der Waals surface area contributed by atoms with Crippen LogP contribution < -0.4 is 20.5 Å². The second-order valence-corrected chi connectivity index (χ2v) is 5.74. The van der Waals surface area contributed by atoms with Gasteiger partial charge in [-0.25, -0.2) is 4.99 Å². The number of aliphatic hydroxyl groups excluding tert-OH is 1. The summed E-state index contributed by atoms with van der Waals surface area (Å²) in [5, 5.41) is 12.1. The Hall–Kier alpha value is -1.22. The van der Waals surface area contributed by atoms with Crippen LogP contribution in [0.4, 0.5) is 0 Å². The molecule has 0 amide bonds. The van der Waals surface area contributed by atoms with E-state index in [2.05, 4.69) is 10.3 Å². The Balaban J connectivity index is 0.00000288. The molecule has 1 saturated carbocycles. The molecule has 4 N–H and O–H groups in total. The maximum atomic E-state index is 8.82. The molecule has 0 aliphatic heterocycles. The first-order chi connectivity index (χ1) is 11.2. The topological polar surface area (TPSA) is 89.1 Å². The number of hydrogen-bond donors (Lipinski definition) is 3. The zero-order valence-corrected chi connectivity index (χ0v) is 16.5. The summed E-state index contributed by atoms with van der Waals surface area (Å²) in [5.74, 6) is 1.74. The van der Waals surface area contributed by atoms with Crippen molar-refractivity contribution in [1.82, 2.24) is 5.32 Å². The van der Waals surface area contributed by atoms with Crippen molar-refractivity contribution in [2.75, 3.05) is 20.3 Å². The van der Waals surface area contributed by atoms with Crippen LogP contribution in [0.15, 0.2) is 23.2 Å². The number of nitrogens with two attached hydrogens (primary N) is 1. The number of nitrogens with one attached hydrogen (secondary N) is 1. The average Bonchev–Trinajstić information content (AvgIpc) is 2.59. The molecule has 7 heteroatoms. The number of hydrogen-bond acceptors (Lipinski definition) is 4. The molecule has 0 spiro atoms. The van der Waals surface area contributed by atoms with Gasteiger partial charge in [-0.05, 0) is 30.5 Å². The van der Waals surface area contributed by atoms with Gasteiger partial charge in [-0.2, -0.15) is 0 Å². The second kappa shape index (κ2) is 11.4. The fraction of sp³-hybridized carbons (Fsp3) is 0.588. The number of guanidine groups is 1. The lowest BCUT2D eigenvalue weighted by atomic mass is 9.96. The summed E-state index contributed by atoms with van der Waals surface area (Å²) in [7, 11) is 1.59. The normalized spacial score (nSPS) is 15.5. The third-order valence-electron chi connectivity index (χ3n) is 3.97. The van der Waals surface area contributed by atoms with E-state index >= 15 is 0 Å². The Morgan fingerprint density at radius 3 is 2.71 bits per heavy atom. The highest BCUT2D eigenvalue weighted by molar-refractivity contribution is 14.0. The van der Waals surface area contributed by atoms with Crippen LogP contribution in [-0.4, -0.2) is 37.4 Å². The molecule has 2 rings (SSSR count). The lowest BCUT2D eigenvalue weighted by Crippen LogP contribution is -2.41. The Labute approximate surface area is 160 Å². The van der Waals surface area contributed by atoms with E-state index < -0.39 is 0 Å². The molecule has 0 aromatic heterocycles. The van der Waals surface area contributed by atoms with Gasteiger partial charge in [0.25, 0.3) is 0 Å². The fourth-order valence-corrected chi connectivity index (χ4v) is 2.76. The molecule has 1 aromatic carbocycles. The minimum absolute atomic E-state index is 0. The van der Waals surface area contributed by atoms with Gasteiger partial charge in [0.15, 0.2) is 17.5 Å². The van der Waals surface area contributed by atoms with E-state index in [1.807, 2.05) is 18.2 Å². The first-order valence-electron chi connectivity index (χ1n) is 8.20. The number of methoxy groups -OCH3 is 1. The van der Waals surface area contributed by atoms with Crippen LogP contribution in [-0.2, 0) is 6.54 Å². The summed E-state index contributed by atoms with van der Waals surface area (Å²) in [4.78, 5) is 4.40. The van der Waals surface area contributed by atoms with Crippen molar-refractivity contribution < 1.29 is 14.6 Å². The van der Waals surface area contributed by atoms with Gasteiger partial charge in [0.2, 0.25) is 0 Å². The van der Waals surface area contributed by atoms with Crippen LogP contribution in [0.25, 0.3) is 0 Å². The van der Waals surface area contributed by atoms with Crippen molar-refractivity contribution in [2.45, 2.75) is 44.7 Å². The zero-order valence-electron chi connectivity index (χ0n) is 14.2. The van der Waals surface area contributed by atoms with Gasteiger partial charge in [-0.3, -0.25) is 0 Å². The molecule has 0 unspecified atom stereocenters.